The Morgan fingerprint density at radius 3 is 2.40 bits per heavy atom. The number of anilines is 1. The molecule has 2 aromatic heterocycles. The van der Waals surface area contributed by atoms with Crippen molar-refractivity contribution in [2.24, 2.45) is 23.2 Å². The Bertz CT molecular complexity index is 2100. The fourth-order valence-electron chi connectivity index (χ4n) is 8.68. The zero-order chi connectivity index (χ0) is 43.1. The number of esters is 1. The Morgan fingerprint density at radius 1 is 1.00 bits per heavy atom. The molecule has 1 aliphatic heterocycles. The molecule has 17 heteroatoms. The lowest BCUT2D eigenvalue weighted by Gasteiger charge is -2.35. The van der Waals surface area contributed by atoms with E-state index in [0.29, 0.717) is 65.1 Å². The van der Waals surface area contributed by atoms with Gasteiger partial charge in [0.15, 0.2) is 5.13 Å². The SMILES string of the molecule is CC[C@@H]1CC1(NC(=O)[C@@H]1C[C@@H](Oc2cc(-c3csc(NC(C)C)n3)nc3c(Cl)c(OCCOC)ccc23)CN1C(=O)[C@@H](NC(=O)OC1C[C@@H]2C[C@@H]2C1)C(C)(C)C)C(=O)OC. The molecule has 8 atom stereocenters. The molecule has 3 heterocycles. The third-order valence-corrected chi connectivity index (χ3v) is 13.2. The number of likely N-dealkylation sites (tertiary alicyclic amines) is 1. The van der Waals surface area contributed by atoms with Crippen LogP contribution in [0.4, 0.5) is 9.93 Å². The second kappa shape index (κ2) is 17.5. The summed E-state index contributed by atoms with van der Waals surface area (Å²) in [6, 6.07) is 3.40. The summed E-state index contributed by atoms with van der Waals surface area (Å²) in [5.74, 6) is 0.431. The first kappa shape index (κ1) is 43.7. The van der Waals surface area contributed by atoms with Crippen molar-refractivity contribution in [1.29, 1.82) is 0 Å². The molecule has 3 amide bonds. The quantitative estimate of drug-likeness (QED) is 0.104. The topological polar surface area (TPSA) is 180 Å². The molecule has 0 bridgehead atoms. The number of ether oxygens (including phenoxy) is 5. The van der Waals surface area contributed by atoms with Crippen molar-refractivity contribution < 1.29 is 42.9 Å². The average molecular weight is 869 g/mol. The number of rotatable bonds is 16. The molecule has 326 valence electrons. The molecule has 4 aliphatic rings. The monoisotopic (exact) mass is 868 g/mol. The van der Waals surface area contributed by atoms with Gasteiger partial charge in [-0.3, -0.25) is 9.59 Å². The highest BCUT2D eigenvalue weighted by Crippen LogP contribution is 2.52. The molecule has 1 aromatic carbocycles. The van der Waals surface area contributed by atoms with Gasteiger partial charge in [-0.1, -0.05) is 45.7 Å². The number of hydrogen-bond donors (Lipinski definition) is 3. The van der Waals surface area contributed by atoms with E-state index in [1.807, 2.05) is 46.9 Å². The molecule has 4 fully saturated rings. The molecule has 15 nitrogen and oxygen atoms in total. The van der Waals surface area contributed by atoms with Crippen LogP contribution in [0.3, 0.4) is 0 Å². The van der Waals surface area contributed by atoms with E-state index in [-0.39, 0.29) is 42.7 Å². The summed E-state index contributed by atoms with van der Waals surface area (Å²) in [6.07, 6.45) is 2.45. The van der Waals surface area contributed by atoms with Gasteiger partial charge in [-0.25, -0.2) is 19.6 Å². The Labute approximate surface area is 359 Å². The third-order valence-electron chi connectivity index (χ3n) is 12.1. The van der Waals surface area contributed by atoms with Crippen molar-refractivity contribution in [2.75, 3.05) is 39.3 Å². The van der Waals surface area contributed by atoms with Gasteiger partial charge in [-0.2, -0.15) is 0 Å². The lowest BCUT2D eigenvalue weighted by Crippen LogP contribution is -2.59. The predicted octanol–water partition coefficient (Wildman–Crippen LogP) is 6.60. The normalized spacial score (nSPS) is 26.0. The smallest absolute Gasteiger partial charge is 0.408 e. The molecule has 7 rings (SSSR count). The number of pyridine rings is 1. The minimum Gasteiger partial charge on any atom is -0.490 e. The second-order valence-electron chi connectivity index (χ2n) is 17.9. The van der Waals surface area contributed by atoms with Crippen molar-refractivity contribution in [1.82, 2.24) is 25.5 Å². The Balaban J connectivity index is 1.21. The number of alkyl carbamates (subject to hydrolysis) is 1. The van der Waals surface area contributed by atoms with E-state index >= 15 is 0 Å². The molecule has 0 radical (unpaired) electrons. The van der Waals surface area contributed by atoms with Crippen LogP contribution in [0.15, 0.2) is 23.6 Å². The molecule has 2 unspecified atom stereocenters. The zero-order valence-electron chi connectivity index (χ0n) is 35.6. The summed E-state index contributed by atoms with van der Waals surface area (Å²) in [7, 11) is 2.88. The molecule has 3 aliphatic carbocycles. The number of aromatic nitrogens is 2. The number of methoxy groups -OCH3 is 2. The summed E-state index contributed by atoms with van der Waals surface area (Å²) in [5.41, 5.74) is -0.441. The lowest BCUT2D eigenvalue weighted by molar-refractivity contribution is -0.148. The molecule has 3 saturated carbocycles. The van der Waals surface area contributed by atoms with Gasteiger partial charge < -0.3 is 44.5 Å². The summed E-state index contributed by atoms with van der Waals surface area (Å²) in [4.78, 5) is 66.8. The summed E-state index contributed by atoms with van der Waals surface area (Å²) in [6.45, 7) is 12.2. The number of fused-ring (bicyclic) bond motifs is 2. The van der Waals surface area contributed by atoms with E-state index in [4.69, 9.17) is 45.3 Å². The first-order chi connectivity index (χ1) is 28.5. The van der Waals surface area contributed by atoms with Crippen LogP contribution >= 0.6 is 22.9 Å². The van der Waals surface area contributed by atoms with Crippen molar-refractivity contribution in [3.63, 3.8) is 0 Å². The van der Waals surface area contributed by atoms with E-state index in [9.17, 15) is 19.2 Å². The van der Waals surface area contributed by atoms with Gasteiger partial charge in [-0.05, 0) is 74.8 Å². The van der Waals surface area contributed by atoms with Crippen LogP contribution in [0.2, 0.25) is 5.02 Å². The Hall–Kier alpha value is -4.41. The van der Waals surface area contributed by atoms with Gasteiger partial charge in [0, 0.05) is 36.4 Å². The first-order valence-corrected chi connectivity index (χ1v) is 22.1. The number of nitrogens with one attached hydrogen (secondary N) is 3. The molecule has 3 N–H and O–H groups in total. The summed E-state index contributed by atoms with van der Waals surface area (Å²) >= 11 is 8.42. The molecule has 1 saturated heterocycles. The van der Waals surface area contributed by atoms with Crippen molar-refractivity contribution in [2.45, 2.75) is 116 Å². The van der Waals surface area contributed by atoms with E-state index in [0.717, 1.165) is 18.0 Å². The maximum absolute atomic E-state index is 14.8. The fraction of sp³-hybridized carbons (Fsp3) is 0.628. The maximum Gasteiger partial charge on any atom is 0.408 e. The van der Waals surface area contributed by atoms with Crippen LogP contribution in [-0.4, -0.2) is 109 Å². The maximum atomic E-state index is 14.8. The summed E-state index contributed by atoms with van der Waals surface area (Å²) in [5, 5.41) is 12.6. The highest BCUT2D eigenvalue weighted by Gasteiger charge is 2.62. The van der Waals surface area contributed by atoms with Gasteiger partial charge in [0.1, 0.15) is 58.7 Å². The van der Waals surface area contributed by atoms with Crippen LogP contribution < -0.4 is 25.4 Å². The number of nitrogens with zero attached hydrogens (tertiary/aromatic N) is 3. The fourth-order valence-corrected chi connectivity index (χ4v) is 9.79. The molecule has 3 aromatic rings. The third kappa shape index (κ3) is 9.25. The Kier molecular flexibility index (Phi) is 12.8. The number of benzene rings is 1. The number of carbonyl (C=O) groups is 4. The van der Waals surface area contributed by atoms with Crippen LogP contribution in [0.25, 0.3) is 22.3 Å². The van der Waals surface area contributed by atoms with Crippen molar-refractivity contribution >= 4 is 62.8 Å². The minimum atomic E-state index is -1.19. The molecule has 0 spiro atoms. The van der Waals surface area contributed by atoms with Gasteiger partial charge in [-0.15, -0.1) is 11.3 Å². The largest absolute Gasteiger partial charge is 0.490 e. The first-order valence-electron chi connectivity index (χ1n) is 20.9. The highest BCUT2D eigenvalue weighted by atomic mass is 35.5. The van der Waals surface area contributed by atoms with Gasteiger partial charge in [0.25, 0.3) is 0 Å². The van der Waals surface area contributed by atoms with Gasteiger partial charge in [0.2, 0.25) is 11.8 Å². The van der Waals surface area contributed by atoms with Crippen molar-refractivity contribution in [3.05, 3.63) is 28.6 Å². The average Bonchev–Trinajstić information content (AvgIpc) is 3.86. The lowest BCUT2D eigenvalue weighted by atomic mass is 9.85. The van der Waals surface area contributed by atoms with E-state index in [1.54, 1.807) is 25.3 Å². The van der Waals surface area contributed by atoms with Crippen LogP contribution in [0, 0.1) is 23.2 Å². The van der Waals surface area contributed by atoms with E-state index in [1.165, 1.54) is 29.8 Å². The molecular formula is C43H57ClN6O9S. The van der Waals surface area contributed by atoms with Crippen LogP contribution in [0.5, 0.6) is 11.5 Å². The number of amides is 3. The number of thiazole rings is 1. The van der Waals surface area contributed by atoms with Gasteiger partial charge in [0.05, 0.1) is 31.5 Å². The Morgan fingerprint density at radius 2 is 1.75 bits per heavy atom. The van der Waals surface area contributed by atoms with Crippen LogP contribution in [-0.2, 0) is 28.6 Å². The summed E-state index contributed by atoms with van der Waals surface area (Å²) < 4.78 is 28.8. The number of carbonyl (C=O) groups excluding carboxylic acids is 4. The zero-order valence-corrected chi connectivity index (χ0v) is 37.2. The molecular weight excluding hydrogens is 812 g/mol. The van der Waals surface area contributed by atoms with E-state index in [2.05, 4.69) is 16.0 Å². The standard InChI is InChI=1S/C43H57ClN6O9S/c1-9-25-19-43(25,39(53)56-8)49-37(51)31-17-27(20-50(31)38(52)36(42(4,5)6)48-41(54)59-26-15-23-14-24(23)16-26)58-33-18-29(30-21-60-40(47-30)45-22(2)3)46-35-28(33)10-11-32(34(35)44)57-13-12-55-7/h10-11,18,21-27,31,36H,9,12-17,19-20H2,1-8H3,(H,45,47)(H,48,54)(H,49,51)/t23-,24+,25-,26?,27-,31+,36-,43?/m1/s1. The molecule has 60 heavy (non-hydrogen) atoms. The van der Waals surface area contributed by atoms with Crippen LogP contribution in [0.1, 0.15) is 80.1 Å². The highest BCUT2D eigenvalue weighted by molar-refractivity contribution is 7.14. The second-order valence-corrected chi connectivity index (χ2v) is 19.1. The predicted molar refractivity (Wildman–Crippen MR) is 227 cm³/mol. The number of halogens is 1. The van der Waals surface area contributed by atoms with E-state index < -0.39 is 53.0 Å². The van der Waals surface area contributed by atoms with Gasteiger partial charge >= 0.3 is 12.1 Å². The minimum absolute atomic E-state index is 0.00110. The number of hydrogen-bond acceptors (Lipinski definition) is 13. The van der Waals surface area contributed by atoms with Crippen molar-refractivity contribution in [3.8, 4) is 22.9 Å².